The molecule has 1 saturated heterocycles. The molecule has 162 valence electrons. The van der Waals surface area contributed by atoms with Crippen molar-refractivity contribution in [2.45, 2.75) is 40.0 Å². The summed E-state index contributed by atoms with van der Waals surface area (Å²) in [6.45, 7) is 9.19. The fourth-order valence-corrected chi connectivity index (χ4v) is 4.57. The third-order valence-corrected chi connectivity index (χ3v) is 6.46. The van der Waals surface area contributed by atoms with Gasteiger partial charge >= 0.3 is 0 Å². The van der Waals surface area contributed by atoms with Crippen LogP contribution in [0.15, 0.2) is 17.5 Å². The number of amides is 1. The highest BCUT2D eigenvalue weighted by Gasteiger charge is 2.28. The number of nitrogens with one attached hydrogen (secondary N) is 1. The summed E-state index contributed by atoms with van der Waals surface area (Å²) in [5.41, 5.74) is 4.92. The Morgan fingerprint density at radius 3 is 2.71 bits per heavy atom. The Balaban J connectivity index is 1.44. The lowest BCUT2D eigenvalue weighted by atomic mass is 10.0. The van der Waals surface area contributed by atoms with Gasteiger partial charge in [-0.25, -0.2) is 15.0 Å². The van der Waals surface area contributed by atoms with Gasteiger partial charge in [0, 0.05) is 54.8 Å². The Kier molecular flexibility index (Phi) is 5.86. The molecule has 1 fully saturated rings. The van der Waals surface area contributed by atoms with Gasteiger partial charge in [0.1, 0.15) is 11.6 Å². The van der Waals surface area contributed by atoms with Crippen molar-refractivity contribution in [3.05, 3.63) is 51.7 Å². The minimum atomic E-state index is 0.0209. The molecule has 4 heterocycles. The number of carbonyl (C=O) groups excluding carboxylic acids is 1. The van der Waals surface area contributed by atoms with Crippen LogP contribution in [0.2, 0.25) is 0 Å². The van der Waals surface area contributed by atoms with E-state index < -0.39 is 0 Å². The second kappa shape index (κ2) is 8.58. The summed E-state index contributed by atoms with van der Waals surface area (Å²) >= 11 is 1.55. The predicted octanol–water partition coefficient (Wildman–Crippen LogP) is 3.67. The molecule has 1 aliphatic heterocycles. The lowest BCUT2D eigenvalue weighted by Crippen LogP contribution is -2.26. The molecule has 0 unspecified atom stereocenters. The molecule has 0 radical (unpaired) electrons. The first-order chi connectivity index (χ1) is 14.8. The van der Waals surface area contributed by atoms with Crippen molar-refractivity contribution in [1.29, 1.82) is 0 Å². The second-order valence-electron chi connectivity index (χ2n) is 7.96. The first kappa shape index (κ1) is 21.2. The van der Waals surface area contributed by atoms with Gasteiger partial charge in [-0.15, -0.1) is 11.3 Å². The van der Waals surface area contributed by atoms with Crippen LogP contribution in [0.5, 0.6) is 0 Å². The van der Waals surface area contributed by atoms with E-state index in [1.165, 1.54) is 0 Å². The zero-order valence-corrected chi connectivity index (χ0v) is 19.3. The van der Waals surface area contributed by atoms with E-state index >= 15 is 0 Å². The van der Waals surface area contributed by atoms with Gasteiger partial charge in [-0.3, -0.25) is 9.48 Å². The number of hydrogen-bond acceptors (Lipinski definition) is 7. The Morgan fingerprint density at radius 2 is 2.03 bits per heavy atom. The largest absolute Gasteiger partial charge is 0.338 e. The average Bonchev–Trinajstić information content (AvgIpc) is 3.41. The molecule has 1 amide bonds. The molecule has 4 rings (SSSR count). The lowest BCUT2D eigenvalue weighted by molar-refractivity contribution is -0.124. The summed E-state index contributed by atoms with van der Waals surface area (Å²) in [4.78, 5) is 28.2. The molecule has 1 atom stereocenters. The maximum Gasteiger partial charge on any atom is 0.246 e. The summed E-state index contributed by atoms with van der Waals surface area (Å²) < 4.78 is 1.83. The smallest absolute Gasteiger partial charge is 0.246 e. The Labute approximate surface area is 186 Å². The summed E-state index contributed by atoms with van der Waals surface area (Å²) in [5.74, 6) is 1.66. The van der Waals surface area contributed by atoms with Crippen molar-refractivity contribution in [2.75, 3.05) is 18.4 Å². The van der Waals surface area contributed by atoms with E-state index in [0.29, 0.717) is 12.4 Å². The van der Waals surface area contributed by atoms with Crippen LogP contribution < -0.4 is 5.32 Å². The first-order valence-electron chi connectivity index (χ1n) is 10.3. The number of anilines is 2. The van der Waals surface area contributed by atoms with Crippen LogP contribution in [0.1, 0.15) is 46.5 Å². The first-order valence-corrected chi connectivity index (χ1v) is 11.2. The average molecular weight is 438 g/mol. The lowest BCUT2D eigenvalue weighted by Gasteiger charge is -2.15. The van der Waals surface area contributed by atoms with Crippen molar-refractivity contribution in [1.82, 2.24) is 29.6 Å². The summed E-state index contributed by atoms with van der Waals surface area (Å²) in [7, 11) is 1.91. The van der Waals surface area contributed by atoms with Gasteiger partial charge in [-0.05, 0) is 40.2 Å². The molecule has 0 aromatic carbocycles. The van der Waals surface area contributed by atoms with Gasteiger partial charge < -0.3 is 10.2 Å². The van der Waals surface area contributed by atoms with Crippen LogP contribution in [-0.2, 0) is 11.8 Å². The molecular formula is C22H27N7OS. The molecule has 0 bridgehead atoms. The van der Waals surface area contributed by atoms with E-state index in [-0.39, 0.29) is 11.8 Å². The van der Waals surface area contributed by atoms with Crippen LogP contribution in [0.3, 0.4) is 0 Å². The van der Waals surface area contributed by atoms with E-state index in [2.05, 4.69) is 25.4 Å². The van der Waals surface area contributed by atoms with E-state index in [1.54, 1.807) is 17.4 Å². The van der Waals surface area contributed by atoms with E-state index in [0.717, 1.165) is 52.3 Å². The van der Waals surface area contributed by atoms with Crippen LogP contribution in [0.4, 0.5) is 10.9 Å². The van der Waals surface area contributed by atoms with Gasteiger partial charge in [0.25, 0.3) is 0 Å². The van der Waals surface area contributed by atoms with Crippen LogP contribution in [0, 0.1) is 27.7 Å². The monoisotopic (exact) mass is 437 g/mol. The fourth-order valence-electron chi connectivity index (χ4n) is 3.88. The Bertz CT molecular complexity index is 1150. The maximum absolute atomic E-state index is 12.8. The third-order valence-electron chi connectivity index (χ3n) is 5.59. The van der Waals surface area contributed by atoms with Gasteiger partial charge in [0.05, 0.1) is 17.1 Å². The summed E-state index contributed by atoms with van der Waals surface area (Å²) in [6, 6.07) is 1.97. The SMILES string of the molecule is Cc1csc(Nc2cc([C@H]3CCN(C(=O)/C=C/c4c(C)nn(C)c4C)C3)nc(C)n2)n1. The Morgan fingerprint density at radius 1 is 1.23 bits per heavy atom. The van der Waals surface area contributed by atoms with E-state index in [9.17, 15) is 4.79 Å². The van der Waals surface area contributed by atoms with Crippen LogP contribution in [-0.4, -0.2) is 48.6 Å². The number of hydrogen-bond donors (Lipinski definition) is 1. The predicted molar refractivity (Wildman–Crippen MR) is 123 cm³/mol. The summed E-state index contributed by atoms with van der Waals surface area (Å²) in [6.07, 6.45) is 4.42. The molecule has 0 aliphatic carbocycles. The van der Waals surface area contributed by atoms with Crippen molar-refractivity contribution < 1.29 is 4.79 Å². The van der Waals surface area contributed by atoms with Gasteiger partial charge in [0.15, 0.2) is 5.13 Å². The zero-order chi connectivity index (χ0) is 22.1. The molecule has 8 nitrogen and oxygen atoms in total. The molecule has 9 heteroatoms. The number of rotatable bonds is 5. The van der Waals surface area contributed by atoms with E-state index in [4.69, 9.17) is 0 Å². The summed E-state index contributed by atoms with van der Waals surface area (Å²) in [5, 5.41) is 10.5. The maximum atomic E-state index is 12.8. The topological polar surface area (TPSA) is 88.8 Å². The van der Waals surface area contributed by atoms with Gasteiger partial charge in [-0.1, -0.05) is 0 Å². The van der Waals surface area contributed by atoms with Crippen LogP contribution in [0.25, 0.3) is 6.08 Å². The molecule has 1 aliphatic rings. The number of aryl methyl sites for hydroxylation is 4. The van der Waals surface area contributed by atoms with Crippen molar-refractivity contribution in [3.63, 3.8) is 0 Å². The van der Waals surface area contributed by atoms with Crippen molar-refractivity contribution >= 4 is 34.3 Å². The third kappa shape index (κ3) is 4.66. The minimum absolute atomic E-state index is 0.0209. The highest BCUT2D eigenvalue weighted by atomic mass is 32.1. The molecule has 0 spiro atoms. The standard InChI is InChI=1S/C22H27N7OS/c1-13-12-31-22(23-13)26-20-10-19(24-16(4)25-20)17-8-9-29(11-17)21(30)7-6-18-14(2)27-28(5)15(18)3/h6-7,10,12,17H,8-9,11H2,1-5H3,(H,23,24,25,26)/b7-6+/t17-/m0/s1. The van der Waals surface area contributed by atoms with Gasteiger partial charge in [-0.2, -0.15) is 5.10 Å². The van der Waals surface area contributed by atoms with Crippen molar-refractivity contribution in [2.24, 2.45) is 7.05 Å². The number of thiazole rings is 1. The van der Waals surface area contributed by atoms with Crippen molar-refractivity contribution in [3.8, 4) is 0 Å². The van der Waals surface area contributed by atoms with Gasteiger partial charge in [0.2, 0.25) is 5.91 Å². The number of nitrogens with zero attached hydrogens (tertiary/aromatic N) is 6. The molecule has 0 saturated carbocycles. The highest BCUT2D eigenvalue weighted by Crippen LogP contribution is 2.29. The zero-order valence-electron chi connectivity index (χ0n) is 18.5. The quantitative estimate of drug-likeness (QED) is 0.613. The number of carbonyl (C=O) groups is 1. The number of likely N-dealkylation sites (tertiary alicyclic amines) is 1. The molecule has 3 aromatic heterocycles. The van der Waals surface area contributed by atoms with E-state index in [1.807, 2.05) is 61.8 Å². The normalized spacial score (nSPS) is 16.4. The number of aromatic nitrogens is 5. The van der Waals surface area contributed by atoms with Crippen LogP contribution >= 0.6 is 11.3 Å². The molecule has 31 heavy (non-hydrogen) atoms. The Hall–Kier alpha value is -3.07. The minimum Gasteiger partial charge on any atom is -0.338 e. The molecular weight excluding hydrogens is 410 g/mol. The molecule has 1 N–H and O–H groups in total. The second-order valence-corrected chi connectivity index (χ2v) is 8.81. The highest BCUT2D eigenvalue weighted by molar-refractivity contribution is 7.13. The fraction of sp³-hybridized carbons (Fsp3) is 0.409. The molecule has 3 aromatic rings.